The summed E-state index contributed by atoms with van der Waals surface area (Å²) < 4.78 is 7.87. The van der Waals surface area contributed by atoms with E-state index in [9.17, 15) is 24.3 Å². The second-order valence-electron chi connectivity index (χ2n) is 10.7. The lowest BCUT2D eigenvalue weighted by Gasteiger charge is -2.25. The number of aliphatic carboxylic acids is 2. The number of rotatable bonds is 8. The standard InChI is InChI=1S/C31H29N5O7/c37-28(35-24(30(39)40)14-18-16-32-22-10-9-19(15-21(18)22)33-29(38)31(41)42)17-8-11-25-23(13-17)34-27(26-7-4-12-43-26)36(25)20-5-2-1-3-6-20/h4,7-13,15-16,20,24,32H,1-3,5-6,14H2,(H,33,38)(H,35,37)(H,39,40)(H,41,42)/t24-/m0/s1. The van der Waals surface area contributed by atoms with Gasteiger partial charge in [-0.2, -0.15) is 0 Å². The highest BCUT2D eigenvalue weighted by molar-refractivity contribution is 6.36. The van der Waals surface area contributed by atoms with Gasteiger partial charge in [0.1, 0.15) is 6.04 Å². The quantitative estimate of drug-likeness (QED) is 0.163. The molecule has 2 aromatic carbocycles. The molecule has 43 heavy (non-hydrogen) atoms. The summed E-state index contributed by atoms with van der Waals surface area (Å²) in [5, 5.41) is 24.3. The average Bonchev–Trinajstić information content (AvgIpc) is 3.75. The van der Waals surface area contributed by atoms with Crippen molar-refractivity contribution in [3.8, 4) is 11.6 Å². The molecule has 0 bridgehead atoms. The van der Waals surface area contributed by atoms with Gasteiger partial charge in [0.15, 0.2) is 11.6 Å². The van der Waals surface area contributed by atoms with Crippen LogP contribution in [0.25, 0.3) is 33.5 Å². The average molecular weight is 584 g/mol. The summed E-state index contributed by atoms with van der Waals surface area (Å²) in [5.41, 5.74) is 3.24. The molecule has 1 atom stereocenters. The van der Waals surface area contributed by atoms with Crippen molar-refractivity contribution in [2.45, 2.75) is 50.6 Å². The van der Waals surface area contributed by atoms with Gasteiger partial charge in [0.05, 0.1) is 17.3 Å². The second kappa shape index (κ2) is 11.5. The van der Waals surface area contributed by atoms with Gasteiger partial charge < -0.3 is 34.8 Å². The molecule has 1 saturated carbocycles. The molecule has 12 nitrogen and oxygen atoms in total. The van der Waals surface area contributed by atoms with E-state index in [2.05, 4.69) is 20.2 Å². The van der Waals surface area contributed by atoms with E-state index in [1.807, 2.05) is 18.2 Å². The topological polar surface area (TPSA) is 180 Å². The molecule has 1 aliphatic carbocycles. The summed E-state index contributed by atoms with van der Waals surface area (Å²) in [6.07, 6.45) is 8.70. The van der Waals surface area contributed by atoms with E-state index >= 15 is 0 Å². The van der Waals surface area contributed by atoms with Crippen LogP contribution in [-0.2, 0) is 20.8 Å². The van der Waals surface area contributed by atoms with E-state index < -0.39 is 29.8 Å². The van der Waals surface area contributed by atoms with Gasteiger partial charge in [-0.05, 0) is 66.9 Å². The largest absolute Gasteiger partial charge is 0.480 e. The number of hydrogen-bond acceptors (Lipinski definition) is 6. The van der Waals surface area contributed by atoms with Gasteiger partial charge in [-0.3, -0.25) is 9.59 Å². The molecule has 6 rings (SSSR count). The van der Waals surface area contributed by atoms with Gasteiger partial charge in [-0.1, -0.05) is 19.3 Å². The minimum atomic E-state index is -1.63. The van der Waals surface area contributed by atoms with Crippen LogP contribution in [0, 0.1) is 0 Å². The fourth-order valence-electron chi connectivity index (χ4n) is 5.80. The number of fused-ring (bicyclic) bond motifs is 2. The lowest BCUT2D eigenvalue weighted by Crippen LogP contribution is -2.42. The molecule has 2 amide bonds. The van der Waals surface area contributed by atoms with E-state index in [0.717, 1.165) is 31.2 Å². The number of furan rings is 1. The molecule has 12 heteroatoms. The van der Waals surface area contributed by atoms with Crippen molar-refractivity contribution in [1.29, 1.82) is 0 Å². The summed E-state index contributed by atoms with van der Waals surface area (Å²) in [6.45, 7) is 0. The summed E-state index contributed by atoms with van der Waals surface area (Å²) in [7, 11) is 0. The van der Waals surface area contributed by atoms with Gasteiger partial charge in [0.25, 0.3) is 5.91 Å². The first kappa shape index (κ1) is 27.8. The van der Waals surface area contributed by atoms with Crippen LogP contribution in [0.4, 0.5) is 5.69 Å². The highest BCUT2D eigenvalue weighted by Gasteiger charge is 2.26. The molecule has 5 aromatic rings. The third kappa shape index (κ3) is 5.59. The van der Waals surface area contributed by atoms with Crippen LogP contribution in [-0.4, -0.2) is 54.5 Å². The van der Waals surface area contributed by atoms with Crippen LogP contribution in [0.5, 0.6) is 0 Å². The van der Waals surface area contributed by atoms with Crippen LogP contribution in [0.3, 0.4) is 0 Å². The van der Waals surface area contributed by atoms with Gasteiger partial charge in [0.2, 0.25) is 0 Å². The van der Waals surface area contributed by atoms with Crippen molar-refractivity contribution in [3.05, 3.63) is 72.1 Å². The summed E-state index contributed by atoms with van der Waals surface area (Å²) in [4.78, 5) is 55.9. The molecule has 5 N–H and O–H groups in total. The molecular formula is C31H29N5O7. The number of aromatic nitrogens is 3. The lowest BCUT2D eigenvalue weighted by atomic mass is 9.95. The summed E-state index contributed by atoms with van der Waals surface area (Å²) >= 11 is 0. The Morgan fingerprint density at radius 3 is 2.58 bits per heavy atom. The molecular weight excluding hydrogens is 554 g/mol. The Hall–Kier alpha value is -5.39. The SMILES string of the molecule is O=C(O)C(=O)Nc1ccc2[nH]cc(C[C@H](NC(=O)c3ccc4c(c3)nc(-c3ccco3)n4C3CCCCC3)C(=O)O)c2c1. The van der Waals surface area contributed by atoms with E-state index in [1.165, 1.54) is 12.5 Å². The normalized spacial score (nSPS) is 14.5. The Balaban J connectivity index is 1.25. The molecule has 0 radical (unpaired) electrons. The Labute approximate surface area is 244 Å². The van der Waals surface area contributed by atoms with Gasteiger partial charge >= 0.3 is 17.8 Å². The highest BCUT2D eigenvalue weighted by Crippen LogP contribution is 2.36. The number of H-pyrrole nitrogens is 1. The number of imidazole rings is 1. The Morgan fingerprint density at radius 1 is 1.05 bits per heavy atom. The summed E-state index contributed by atoms with van der Waals surface area (Å²) in [6, 6.07) is 12.6. The van der Waals surface area contributed by atoms with Crippen molar-refractivity contribution in [2.75, 3.05) is 5.32 Å². The maximum Gasteiger partial charge on any atom is 0.394 e. The second-order valence-corrected chi connectivity index (χ2v) is 10.7. The molecule has 0 saturated heterocycles. The molecule has 3 aromatic heterocycles. The van der Waals surface area contributed by atoms with Crippen LogP contribution in [0.15, 0.2) is 65.4 Å². The fraction of sp³-hybridized carbons (Fsp3) is 0.258. The fourth-order valence-corrected chi connectivity index (χ4v) is 5.80. The molecule has 1 aliphatic rings. The first-order valence-electron chi connectivity index (χ1n) is 14.0. The Morgan fingerprint density at radius 2 is 1.86 bits per heavy atom. The minimum Gasteiger partial charge on any atom is -0.480 e. The number of aromatic amines is 1. The molecule has 3 heterocycles. The van der Waals surface area contributed by atoms with E-state index in [4.69, 9.17) is 14.5 Å². The zero-order valence-corrected chi connectivity index (χ0v) is 23.0. The molecule has 0 spiro atoms. The predicted octanol–water partition coefficient (Wildman–Crippen LogP) is 4.73. The van der Waals surface area contributed by atoms with Crippen molar-refractivity contribution < 1.29 is 33.8 Å². The number of carboxylic acid groups (broad SMARTS) is 2. The van der Waals surface area contributed by atoms with Gasteiger partial charge in [-0.15, -0.1) is 0 Å². The Kier molecular flexibility index (Phi) is 7.41. The molecule has 1 fully saturated rings. The number of hydrogen-bond donors (Lipinski definition) is 5. The van der Waals surface area contributed by atoms with Crippen LogP contribution in [0.2, 0.25) is 0 Å². The van der Waals surface area contributed by atoms with Crippen LogP contribution >= 0.6 is 0 Å². The molecule has 220 valence electrons. The third-order valence-electron chi connectivity index (χ3n) is 7.88. The number of benzene rings is 2. The number of nitrogens with zero attached hydrogens (tertiary/aromatic N) is 2. The lowest BCUT2D eigenvalue weighted by molar-refractivity contribution is -0.147. The number of nitrogens with one attached hydrogen (secondary N) is 3. The summed E-state index contributed by atoms with van der Waals surface area (Å²) in [5.74, 6) is -3.26. The van der Waals surface area contributed by atoms with E-state index in [-0.39, 0.29) is 23.7 Å². The molecule has 0 aliphatic heterocycles. The van der Waals surface area contributed by atoms with Crippen LogP contribution < -0.4 is 10.6 Å². The number of carboxylic acids is 2. The van der Waals surface area contributed by atoms with Crippen molar-refractivity contribution in [2.24, 2.45) is 0 Å². The van der Waals surface area contributed by atoms with Crippen LogP contribution in [0.1, 0.15) is 54.1 Å². The third-order valence-corrected chi connectivity index (χ3v) is 7.88. The maximum atomic E-state index is 13.3. The number of amides is 2. The first-order valence-corrected chi connectivity index (χ1v) is 14.0. The zero-order valence-electron chi connectivity index (χ0n) is 23.0. The van der Waals surface area contributed by atoms with E-state index in [0.29, 0.717) is 33.6 Å². The Bertz CT molecular complexity index is 1850. The molecule has 0 unspecified atom stereocenters. The maximum absolute atomic E-state index is 13.3. The number of carbonyl (C=O) groups is 4. The van der Waals surface area contributed by atoms with Crippen molar-refractivity contribution in [3.63, 3.8) is 0 Å². The van der Waals surface area contributed by atoms with Crippen molar-refractivity contribution >= 4 is 51.4 Å². The number of carbonyl (C=O) groups excluding carboxylic acids is 2. The zero-order chi connectivity index (χ0) is 30.1. The number of anilines is 1. The predicted molar refractivity (Wildman–Crippen MR) is 157 cm³/mol. The smallest absolute Gasteiger partial charge is 0.394 e. The first-order chi connectivity index (χ1) is 20.8. The monoisotopic (exact) mass is 583 g/mol. The van der Waals surface area contributed by atoms with Gasteiger partial charge in [0, 0.05) is 40.8 Å². The van der Waals surface area contributed by atoms with E-state index in [1.54, 1.807) is 36.7 Å². The van der Waals surface area contributed by atoms with Crippen molar-refractivity contribution in [1.82, 2.24) is 19.9 Å². The van der Waals surface area contributed by atoms with Gasteiger partial charge in [-0.25, -0.2) is 14.6 Å². The minimum absolute atomic E-state index is 0.0569. The highest BCUT2D eigenvalue weighted by atomic mass is 16.4.